The number of nitrogens with one attached hydrogen (secondary N) is 1. The summed E-state index contributed by atoms with van der Waals surface area (Å²) in [6, 6.07) is 14.4. The van der Waals surface area contributed by atoms with Crippen LogP contribution in [0.3, 0.4) is 0 Å². The van der Waals surface area contributed by atoms with Crippen LogP contribution in [0.2, 0.25) is 0 Å². The van der Waals surface area contributed by atoms with E-state index < -0.39 is 0 Å². The van der Waals surface area contributed by atoms with Crippen LogP contribution in [-0.4, -0.2) is 39.4 Å². The molecule has 3 rings (SSSR count). The van der Waals surface area contributed by atoms with E-state index in [2.05, 4.69) is 29.6 Å². The highest BCUT2D eigenvalue weighted by Gasteiger charge is 2.14. The van der Waals surface area contributed by atoms with Crippen molar-refractivity contribution in [3.05, 3.63) is 48.2 Å². The van der Waals surface area contributed by atoms with E-state index in [4.69, 9.17) is 9.15 Å². The number of halogens is 2. The molecular formula is C17H24Cl2N2O2. The molecule has 0 radical (unpaired) electrons. The minimum Gasteiger partial charge on any atom is -1.00 e. The highest BCUT2D eigenvalue weighted by molar-refractivity contribution is 5.57. The number of hydrogen-bond acceptors (Lipinski definition) is 2. The molecule has 6 heteroatoms. The third kappa shape index (κ3) is 6.16. The van der Waals surface area contributed by atoms with Crippen LogP contribution in [0, 0.1) is 0 Å². The van der Waals surface area contributed by atoms with Gasteiger partial charge in [-0.05, 0) is 12.1 Å². The van der Waals surface area contributed by atoms with Gasteiger partial charge in [0.1, 0.15) is 38.5 Å². The summed E-state index contributed by atoms with van der Waals surface area (Å²) in [5.74, 6) is 2.00. The summed E-state index contributed by atoms with van der Waals surface area (Å²) in [4.78, 5) is 1.65. The predicted molar refractivity (Wildman–Crippen MR) is 81.0 cm³/mol. The van der Waals surface area contributed by atoms with Crippen LogP contribution in [0.25, 0.3) is 11.3 Å². The van der Waals surface area contributed by atoms with E-state index in [1.807, 2.05) is 18.2 Å². The molecule has 0 amide bonds. The van der Waals surface area contributed by atoms with E-state index >= 15 is 0 Å². The number of nitrogens with two attached hydrogens (primary N) is 1. The van der Waals surface area contributed by atoms with Gasteiger partial charge in [-0.1, -0.05) is 30.3 Å². The molecule has 2 heterocycles. The van der Waals surface area contributed by atoms with E-state index in [-0.39, 0.29) is 24.8 Å². The van der Waals surface area contributed by atoms with Crippen LogP contribution in [0.5, 0.6) is 0 Å². The second-order valence-electron chi connectivity index (χ2n) is 5.53. The largest absolute Gasteiger partial charge is 1.00 e. The Morgan fingerprint density at radius 2 is 1.70 bits per heavy atom. The van der Waals surface area contributed by atoms with E-state index in [9.17, 15) is 0 Å². The minimum absolute atomic E-state index is 0. The Kier molecular flexibility index (Phi) is 9.29. The number of furan rings is 1. The summed E-state index contributed by atoms with van der Waals surface area (Å²) >= 11 is 0. The molecule has 1 fully saturated rings. The standard InChI is InChI=1S/C17H22N2O2.2ClH/c1-2-4-15(5-3-1)17-7-6-16(21-17)14-18-8-9-19-10-12-20-13-11-19;;/h1-7,18H,8-14H2;2*1H. The molecule has 128 valence electrons. The quantitative estimate of drug-likeness (QED) is 0.505. The maximum absolute atomic E-state index is 5.90. The Balaban J connectivity index is 0.00000132. The number of morpholine rings is 1. The first-order chi connectivity index (χ1) is 10.4. The summed E-state index contributed by atoms with van der Waals surface area (Å²) < 4.78 is 11.3. The third-order valence-corrected chi connectivity index (χ3v) is 3.97. The Morgan fingerprint density at radius 1 is 0.957 bits per heavy atom. The van der Waals surface area contributed by atoms with Gasteiger partial charge in [-0.2, -0.15) is 0 Å². The molecule has 0 saturated carbocycles. The number of quaternary nitrogens is 2. The molecule has 0 aliphatic carbocycles. The fraction of sp³-hybridized carbons (Fsp3) is 0.412. The van der Waals surface area contributed by atoms with Crippen LogP contribution in [0.1, 0.15) is 5.76 Å². The topological polar surface area (TPSA) is 43.4 Å². The Hall–Kier alpha value is -1.04. The fourth-order valence-corrected chi connectivity index (χ4v) is 2.71. The molecule has 1 aliphatic heterocycles. The summed E-state index contributed by atoms with van der Waals surface area (Å²) in [7, 11) is 0. The van der Waals surface area contributed by atoms with Gasteiger partial charge in [0.05, 0.1) is 13.2 Å². The van der Waals surface area contributed by atoms with Gasteiger partial charge in [0, 0.05) is 5.56 Å². The van der Waals surface area contributed by atoms with Gasteiger partial charge >= 0.3 is 0 Å². The van der Waals surface area contributed by atoms with Crippen molar-refractivity contribution in [1.82, 2.24) is 0 Å². The smallest absolute Gasteiger partial charge is 0.158 e. The Bertz CT molecular complexity index is 543. The SMILES string of the molecule is [Cl-].[Cl-].c1ccc(-c2ccc(C[NH2+]CC[NH+]3CCOCC3)o2)cc1. The number of hydrogen-bond donors (Lipinski definition) is 2. The molecule has 1 aromatic carbocycles. The molecule has 1 aliphatic rings. The first-order valence-corrected chi connectivity index (χ1v) is 7.79. The molecule has 3 N–H and O–H groups in total. The third-order valence-electron chi connectivity index (χ3n) is 3.97. The minimum atomic E-state index is 0. The molecular weight excluding hydrogens is 335 g/mol. The van der Waals surface area contributed by atoms with Gasteiger partial charge in [-0.25, -0.2) is 0 Å². The lowest BCUT2D eigenvalue weighted by atomic mass is 10.2. The van der Waals surface area contributed by atoms with Gasteiger partial charge in [0.15, 0.2) is 5.76 Å². The van der Waals surface area contributed by atoms with Gasteiger partial charge in [0.2, 0.25) is 0 Å². The number of rotatable bonds is 6. The normalized spacial score (nSPS) is 14.8. The lowest BCUT2D eigenvalue weighted by Crippen LogP contribution is -3.16. The van der Waals surface area contributed by atoms with Crippen molar-refractivity contribution in [3.8, 4) is 11.3 Å². The Labute approximate surface area is 150 Å². The lowest BCUT2D eigenvalue weighted by Gasteiger charge is -2.22. The van der Waals surface area contributed by atoms with Crippen molar-refractivity contribution < 1.29 is 44.2 Å². The number of ether oxygens (including phenoxy) is 1. The highest BCUT2D eigenvalue weighted by Crippen LogP contribution is 2.21. The van der Waals surface area contributed by atoms with E-state index in [1.54, 1.807) is 4.90 Å². The summed E-state index contributed by atoms with van der Waals surface area (Å²) in [6.45, 7) is 7.37. The van der Waals surface area contributed by atoms with Gasteiger partial charge < -0.3 is 44.2 Å². The first-order valence-electron chi connectivity index (χ1n) is 7.79. The van der Waals surface area contributed by atoms with Crippen molar-refractivity contribution >= 4 is 0 Å². The van der Waals surface area contributed by atoms with Crippen molar-refractivity contribution in [1.29, 1.82) is 0 Å². The van der Waals surface area contributed by atoms with Crippen molar-refractivity contribution in [2.75, 3.05) is 39.4 Å². The zero-order chi connectivity index (χ0) is 14.3. The molecule has 0 unspecified atom stereocenters. The zero-order valence-electron chi connectivity index (χ0n) is 13.1. The lowest BCUT2D eigenvalue weighted by molar-refractivity contribution is -0.920. The molecule has 1 aromatic heterocycles. The molecule has 1 saturated heterocycles. The molecule has 0 spiro atoms. The van der Waals surface area contributed by atoms with Crippen LogP contribution >= 0.6 is 0 Å². The van der Waals surface area contributed by atoms with Gasteiger partial charge in [-0.15, -0.1) is 0 Å². The fourth-order valence-electron chi connectivity index (χ4n) is 2.71. The molecule has 0 bridgehead atoms. The van der Waals surface area contributed by atoms with Crippen molar-refractivity contribution in [3.63, 3.8) is 0 Å². The molecule has 23 heavy (non-hydrogen) atoms. The maximum atomic E-state index is 5.90. The van der Waals surface area contributed by atoms with Crippen LogP contribution in [0.15, 0.2) is 46.9 Å². The van der Waals surface area contributed by atoms with Crippen molar-refractivity contribution in [2.24, 2.45) is 0 Å². The summed E-state index contributed by atoms with van der Waals surface area (Å²) in [5.41, 5.74) is 1.14. The van der Waals surface area contributed by atoms with Crippen molar-refractivity contribution in [2.45, 2.75) is 6.54 Å². The second-order valence-corrected chi connectivity index (χ2v) is 5.53. The van der Waals surface area contributed by atoms with E-state index in [0.717, 1.165) is 56.5 Å². The maximum Gasteiger partial charge on any atom is 0.158 e. The van der Waals surface area contributed by atoms with Crippen LogP contribution < -0.4 is 35.0 Å². The zero-order valence-corrected chi connectivity index (χ0v) is 14.7. The van der Waals surface area contributed by atoms with Crippen LogP contribution in [-0.2, 0) is 11.3 Å². The average Bonchev–Trinajstić information content (AvgIpc) is 3.02. The average molecular weight is 359 g/mol. The second kappa shape index (κ2) is 10.7. The van der Waals surface area contributed by atoms with E-state index in [1.165, 1.54) is 6.54 Å². The van der Waals surface area contributed by atoms with Gasteiger partial charge in [0.25, 0.3) is 0 Å². The molecule has 4 nitrogen and oxygen atoms in total. The first kappa shape index (κ1) is 20.0. The summed E-state index contributed by atoms with van der Waals surface area (Å²) in [5, 5.41) is 2.33. The highest BCUT2D eigenvalue weighted by atomic mass is 35.5. The summed E-state index contributed by atoms with van der Waals surface area (Å²) in [6.07, 6.45) is 0. The van der Waals surface area contributed by atoms with E-state index in [0.29, 0.717) is 0 Å². The van der Waals surface area contributed by atoms with Crippen LogP contribution in [0.4, 0.5) is 0 Å². The number of benzene rings is 1. The monoisotopic (exact) mass is 358 g/mol. The van der Waals surface area contributed by atoms with Gasteiger partial charge in [-0.3, -0.25) is 0 Å². The Morgan fingerprint density at radius 3 is 2.43 bits per heavy atom. The molecule has 0 atom stereocenters. The predicted octanol–water partition coefficient (Wildman–Crippen LogP) is -6.07. The molecule has 2 aromatic rings.